The minimum atomic E-state index is -0.435. The minimum Gasteiger partial charge on any atom is -0.319 e. The van der Waals surface area contributed by atoms with E-state index in [-0.39, 0.29) is 5.91 Å². The molecule has 5 nitrogen and oxygen atoms in total. The third-order valence-electron chi connectivity index (χ3n) is 3.04. The second kappa shape index (κ2) is 4.72. The molecule has 0 aliphatic carbocycles. The molecule has 0 unspecified atom stereocenters. The van der Waals surface area contributed by atoms with Gasteiger partial charge in [0, 0.05) is 6.54 Å². The van der Waals surface area contributed by atoms with Crippen LogP contribution in [0.15, 0.2) is 0 Å². The standard InChI is InChI=1S/C9H19N3O2/c1-10-7-9(8(13)11-14)3-5-12(2)6-4-9/h10,14H,3-7H2,1-2H3,(H,11,13). The van der Waals surface area contributed by atoms with Crippen molar-refractivity contribution in [3.05, 3.63) is 0 Å². The van der Waals surface area contributed by atoms with Crippen LogP contribution in [0.3, 0.4) is 0 Å². The molecule has 82 valence electrons. The number of hydroxylamine groups is 1. The van der Waals surface area contributed by atoms with Crippen LogP contribution in [0.5, 0.6) is 0 Å². The van der Waals surface area contributed by atoms with Gasteiger partial charge in [0.1, 0.15) is 0 Å². The van der Waals surface area contributed by atoms with Crippen LogP contribution in [0.1, 0.15) is 12.8 Å². The molecule has 0 radical (unpaired) electrons. The van der Waals surface area contributed by atoms with Crippen molar-refractivity contribution in [1.29, 1.82) is 0 Å². The fourth-order valence-electron chi connectivity index (χ4n) is 1.99. The minimum absolute atomic E-state index is 0.264. The van der Waals surface area contributed by atoms with Gasteiger partial charge in [0.25, 0.3) is 5.91 Å². The molecule has 1 fully saturated rings. The fourth-order valence-corrected chi connectivity index (χ4v) is 1.99. The van der Waals surface area contributed by atoms with E-state index in [1.807, 2.05) is 14.1 Å². The van der Waals surface area contributed by atoms with Gasteiger partial charge in [-0.05, 0) is 40.0 Å². The molecule has 1 heterocycles. The first-order chi connectivity index (χ1) is 6.64. The summed E-state index contributed by atoms with van der Waals surface area (Å²) in [6.45, 7) is 2.41. The zero-order chi connectivity index (χ0) is 10.6. The third-order valence-corrected chi connectivity index (χ3v) is 3.04. The highest BCUT2D eigenvalue weighted by molar-refractivity contribution is 5.82. The van der Waals surface area contributed by atoms with E-state index in [4.69, 9.17) is 5.21 Å². The SMILES string of the molecule is CNCC1(C(=O)NO)CCN(C)CC1. The van der Waals surface area contributed by atoms with Crippen LogP contribution in [-0.2, 0) is 4.79 Å². The highest BCUT2D eigenvalue weighted by atomic mass is 16.5. The number of likely N-dealkylation sites (tertiary alicyclic amines) is 1. The van der Waals surface area contributed by atoms with Gasteiger partial charge in [0.05, 0.1) is 5.41 Å². The van der Waals surface area contributed by atoms with Crippen LogP contribution >= 0.6 is 0 Å². The first kappa shape index (κ1) is 11.4. The first-order valence-electron chi connectivity index (χ1n) is 4.92. The lowest BCUT2D eigenvalue weighted by atomic mass is 9.77. The zero-order valence-electron chi connectivity index (χ0n) is 8.84. The maximum atomic E-state index is 11.6. The van der Waals surface area contributed by atoms with Crippen molar-refractivity contribution in [3.63, 3.8) is 0 Å². The average molecular weight is 201 g/mol. The molecular weight excluding hydrogens is 182 g/mol. The predicted molar refractivity (Wildman–Crippen MR) is 53.0 cm³/mol. The Hall–Kier alpha value is -0.650. The quantitative estimate of drug-likeness (QED) is 0.422. The second-order valence-electron chi connectivity index (χ2n) is 4.05. The fraction of sp³-hybridized carbons (Fsp3) is 0.889. The van der Waals surface area contributed by atoms with E-state index in [0.29, 0.717) is 6.54 Å². The molecule has 1 saturated heterocycles. The molecule has 14 heavy (non-hydrogen) atoms. The van der Waals surface area contributed by atoms with Crippen molar-refractivity contribution in [3.8, 4) is 0 Å². The molecule has 1 rings (SSSR count). The summed E-state index contributed by atoms with van der Waals surface area (Å²) in [5.74, 6) is -0.264. The summed E-state index contributed by atoms with van der Waals surface area (Å²) in [5.41, 5.74) is 1.34. The molecule has 0 aromatic rings. The number of rotatable bonds is 3. The van der Waals surface area contributed by atoms with Gasteiger partial charge in [-0.2, -0.15) is 0 Å². The van der Waals surface area contributed by atoms with E-state index in [9.17, 15) is 4.79 Å². The van der Waals surface area contributed by atoms with Crippen LogP contribution in [-0.4, -0.2) is 49.7 Å². The Balaban J connectivity index is 2.67. The predicted octanol–water partition coefficient (Wildman–Crippen LogP) is -0.577. The summed E-state index contributed by atoms with van der Waals surface area (Å²) in [7, 11) is 3.87. The summed E-state index contributed by atoms with van der Waals surface area (Å²) in [6, 6.07) is 0. The Kier molecular flexibility index (Phi) is 3.86. The van der Waals surface area contributed by atoms with Crippen LogP contribution in [0.4, 0.5) is 0 Å². The average Bonchev–Trinajstić information content (AvgIpc) is 2.21. The molecule has 1 aliphatic rings. The molecule has 0 bridgehead atoms. The maximum absolute atomic E-state index is 11.6. The van der Waals surface area contributed by atoms with Crippen molar-refractivity contribution in [2.75, 3.05) is 33.7 Å². The normalized spacial score (nSPS) is 21.9. The lowest BCUT2D eigenvalue weighted by Gasteiger charge is -2.38. The lowest BCUT2D eigenvalue weighted by Crippen LogP contribution is -2.51. The maximum Gasteiger partial charge on any atom is 0.250 e. The Bertz CT molecular complexity index is 200. The van der Waals surface area contributed by atoms with Crippen LogP contribution in [0.25, 0.3) is 0 Å². The number of nitrogens with one attached hydrogen (secondary N) is 2. The van der Waals surface area contributed by atoms with E-state index in [0.717, 1.165) is 25.9 Å². The Morgan fingerprint density at radius 2 is 2.07 bits per heavy atom. The third kappa shape index (κ3) is 2.23. The molecule has 5 heteroatoms. The van der Waals surface area contributed by atoms with Crippen LogP contribution in [0.2, 0.25) is 0 Å². The largest absolute Gasteiger partial charge is 0.319 e. The monoisotopic (exact) mass is 201 g/mol. The molecule has 1 aliphatic heterocycles. The number of carbonyl (C=O) groups is 1. The lowest BCUT2D eigenvalue weighted by molar-refractivity contribution is -0.142. The number of hydrogen-bond donors (Lipinski definition) is 3. The van der Waals surface area contributed by atoms with Gasteiger partial charge < -0.3 is 10.2 Å². The molecule has 0 spiro atoms. The van der Waals surface area contributed by atoms with Crippen molar-refractivity contribution >= 4 is 5.91 Å². The van der Waals surface area contributed by atoms with E-state index in [1.54, 1.807) is 5.48 Å². The van der Waals surface area contributed by atoms with Crippen molar-refractivity contribution in [2.45, 2.75) is 12.8 Å². The summed E-state index contributed by atoms with van der Waals surface area (Å²) in [6.07, 6.45) is 1.58. The number of piperidine rings is 1. The van der Waals surface area contributed by atoms with Gasteiger partial charge in [-0.25, -0.2) is 5.48 Å². The second-order valence-corrected chi connectivity index (χ2v) is 4.05. The molecule has 0 saturated carbocycles. The van der Waals surface area contributed by atoms with E-state index >= 15 is 0 Å². The summed E-state index contributed by atoms with van der Waals surface area (Å²) < 4.78 is 0. The smallest absolute Gasteiger partial charge is 0.250 e. The number of hydrogen-bond acceptors (Lipinski definition) is 4. The van der Waals surface area contributed by atoms with Gasteiger partial charge in [-0.3, -0.25) is 10.0 Å². The highest BCUT2D eigenvalue weighted by Gasteiger charge is 2.39. The topological polar surface area (TPSA) is 64.6 Å². The van der Waals surface area contributed by atoms with Gasteiger partial charge >= 0.3 is 0 Å². The molecule has 3 N–H and O–H groups in total. The summed E-state index contributed by atoms with van der Waals surface area (Å²) in [4.78, 5) is 13.8. The first-order valence-corrected chi connectivity index (χ1v) is 4.92. The molecule has 0 aromatic carbocycles. The summed E-state index contributed by atoms with van der Waals surface area (Å²) >= 11 is 0. The van der Waals surface area contributed by atoms with E-state index in [2.05, 4.69) is 10.2 Å². The van der Waals surface area contributed by atoms with E-state index in [1.165, 1.54) is 0 Å². The molecule has 0 aromatic heterocycles. The molecule has 1 amide bonds. The van der Waals surface area contributed by atoms with Crippen molar-refractivity contribution in [1.82, 2.24) is 15.7 Å². The number of amides is 1. The zero-order valence-corrected chi connectivity index (χ0v) is 8.84. The molecular formula is C9H19N3O2. The number of carbonyl (C=O) groups excluding carboxylic acids is 1. The Morgan fingerprint density at radius 3 is 2.50 bits per heavy atom. The highest BCUT2D eigenvalue weighted by Crippen LogP contribution is 2.30. The van der Waals surface area contributed by atoms with E-state index < -0.39 is 5.41 Å². The van der Waals surface area contributed by atoms with Crippen molar-refractivity contribution in [2.24, 2.45) is 5.41 Å². The van der Waals surface area contributed by atoms with Gasteiger partial charge in [0.15, 0.2) is 0 Å². The Labute approximate surface area is 84.4 Å². The Morgan fingerprint density at radius 1 is 1.50 bits per heavy atom. The van der Waals surface area contributed by atoms with Crippen molar-refractivity contribution < 1.29 is 10.0 Å². The van der Waals surface area contributed by atoms with Crippen LogP contribution in [0, 0.1) is 5.41 Å². The van der Waals surface area contributed by atoms with Gasteiger partial charge in [-0.15, -0.1) is 0 Å². The molecule has 0 atom stereocenters. The van der Waals surface area contributed by atoms with Gasteiger partial charge in [0.2, 0.25) is 0 Å². The van der Waals surface area contributed by atoms with Crippen LogP contribution < -0.4 is 10.8 Å². The summed E-state index contributed by atoms with van der Waals surface area (Å²) in [5, 5.41) is 11.7. The van der Waals surface area contributed by atoms with Gasteiger partial charge in [-0.1, -0.05) is 0 Å². The number of nitrogens with zero attached hydrogens (tertiary/aromatic N) is 1.